The highest BCUT2D eigenvalue weighted by Gasteiger charge is 2.32. The van der Waals surface area contributed by atoms with Gasteiger partial charge in [0.15, 0.2) is 0 Å². The van der Waals surface area contributed by atoms with Crippen molar-refractivity contribution in [2.24, 2.45) is 5.92 Å². The zero-order valence-electron chi connectivity index (χ0n) is 11.9. The average Bonchev–Trinajstić information content (AvgIpc) is 2.95. The summed E-state index contributed by atoms with van der Waals surface area (Å²) in [5.74, 6) is 0.645. The standard InChI is InChI=1S/C18H21BrO/c1-2-18-16(9-10-20-18)17(19)12-13-7-8-14-5-3-4-6-15(14)11-13/h3-8,11,16-18H,2,9-10,12H2,1H3. The molecule has 106 valence electrons. The first kappa shape index (κ1) is 14.1. The molecule has 1 aliphatic rings. The Hall–Kier alpha value is -0.860. The summed E-state index contributed by atoms with van der Waals surface area (Å²) in [7, 11) is 0. The number of benzene rings is 2. The highest BCUT2D eigenvalue weighted by atomic mass is 79.9. The SMILES string of the molecule is CCC1OCCC1C(Br)Cc1ccc2ccccc2c1. The minimum absolute atomic E-state index is 0.430. The van der Waals surface area contributed by atoms with Gasteiger partial charge in [-0.05, 0) is 35.6 Å². The van der Waals surface area contributed by atoms with Crippen LogP contribution in [0.3, 0.4) is 0 Å². The van der Waals surface area contributed by atoms with E-state index < -0.39 is 0 Å². The topological polar surface area (TPSA) is 9.23 Å². The molecule has 1 aliphatic heterocycles. The van der Waals surface area contributed by atoms with Gasteiger partial charge in [-0.1, -0.05) is 65.3 Å². The van der Waals surface area contributed by atoms with Crippen molar-refractivity contribution in [3.8, 4) is 0 Å². The minimum Gasteiger partial charge on any atom is -0.378 e. The first-order valence-corrected chi connectivity index (χ1v) is 8.43. The van der Waals surface area contributed by atoms with Gasteiger partial charge in [-0.25, -0.2) is 0 Å². The monoisotopic (exact) mass is 332 g/mol. The lowest BCUT2D eigenvalue weighted by Gasteiger charge is -2.22. The maximum Gasteiger partial charge on any atom is 0.0612 e. The van der Waals surface area contributed by atoms with Crippen LogP contribution in [0.5, 0.6) is 0 Å². The molecule has 20 heavy (non-hydrogen) atoms. The van der Waals surface area contributed by atoms with E-state index in [2.05, 4.69) is 65.3 Å². The van der Waals surface area contributed by atoms with E-state index >= 15 is 0 Å². The summed E-state index contributed by atoms with van der Waals surface area (Å²) < 4.78 is 5.81. The number of halogens is 1. The third-order valence-corrected chi connectivity index (χ3v) is 5.37. The zero-order chi connectivity index (χ0) is 13.9. The van der Waals surface area contributed by atoms with E-state index in [9.17, 15) is 0 Å². The largest absolute Gasteiger partial charge is 0.378 e. The molecule has 3 rings (SSSR count). The molecule has 0 saturated carbocycles. The molecule has 0 aromatic heterocycles. The summed E-state index contributed by atoms with van der Waals surface area (Å²) >= 11 is 3.91. The second-order valence-corrected chi connectivity index (χ2v) is 6.85. The lowest BCUT2D eigenvalue weighted by Crippen LogP contribution is -2.25. The highest BCUT2D eigenvalue weighted by molar-refractivity contribution is 9.09. The second kappa shape index (κ2) is 6.28. The van der Waals surface area contributed by atoms with Gasteiger partial charge in [-0.2, -0.15) is 0 Å². The molecule has 1 heterocycles. The van der Waals surface area contributed by atoms with Gasteiger partial charge < -0.3 is 4.74 Å². The molecule has 3 atom stereocenters. The van der Waals surface area contributed by atoms with Crippen LogP contribution in [-0.2, 0) is 11.2 Å². The van der Waals surface area contributed by atoms with Crippen LogP contribution in [0.25, 0.3) is 10.8 Å². The van der Waals surface area contributed by atoms with Crippen molar-refractivity contribution in [1.82, 2.24) is 0 Å². The molecule has 1 saturated heterocycles. The van der Waals surface area contributed by atoms with Crippen LogP contribution in [0.2, 0.25) is 0 Å². The van der Waals surface area contributed by atoms with E-state index in [4.69, 9.17) is 4.74 Å². The van der Waals surface area contributed by atoms with Gasteiger partial charge >= 0.3 is 0 Å². The van der Waals surface area contributed by atoms with Gasteiger partial charge in [0.25, 0.3) is 0 Å². The van der Waals surface area contributed by atoms with E-state index in [0.717, 1.165) is 19.4 Å². The van der Waals surface area contributed by atoms with Gasteiger partial charge in [-0.3, -0.25) is 0 Å². The lowest BCUT2D eigenvalue weighted by molar-refractivity contribution is 0.0873. The first-order chi connectivity index (χ1) is 9.78. The molecule has 1 nitrogen and oxygen atoms in total. The van der Waals surface area contributed by atoms with Crippen molar-refractivity contribution in [2.75, 3.05) is 6.61 Å². The Morgan fingerprint density at radius 2 is 2.00 bits per heavy atom. The Morgan fingerprint density at radius 3 is 2.80 bits per heavy atom. The minimum atomic E-state index is 0.430. The number of ether oxygens (including phenoxy) is 1. The van der Waals surface area contributed by atoms with Crippen molar-refractivity contribution in [2.45, 2.75) is 37.1 Å². The van der Waals surface area contributed by atoms with Crippen molar-refractivity contribution in [3.63, 3.8) is 0 Å². The molecule has 0 spiro atoms. The van der Waals surface area contributed by atoms with Crippen molar-refractivity contribution in [3.05, 3.63) is 48.0 Å². The quantitative estimate of drug-likeness (QED) is 0.719. The fraction of sp³-hybridized carbons (Fsp3) is 0.444. The fourth-order valence-electron chi connectivity index (χ4n) is 3.24. The third kappa shape index (κ3) is 2.91. The molecule has 2 aromatic rings. The molecule has 1 fully saturated rings. The summed E-state index contributed by atoms with van der Waals surface area (Å²) in [5.41, 5.74) is 1.41. The van der Waals surface area contributed by atoms with Crippen molar-refractivity contribution in [1.29, 1.82) is 0 Å². The van der Waals surface area contributed by atoms with Gasteiger partial charge in [0, 0.05) is 17.4 Å². The Kier molecular flexibility index (Phi) is 4.42. The predicted molar refractivity (Wildman–Crippen MR) is 88.5 cm³/mol. The molecule has 2 aromatic carbocycles. The summed E-state index contributed by atoms with van der Waals surface area (Å²) in [4.78, 5) is 0.510. The first-order valence-electron chi connectivity index (χ1n) is 7.51. The Bertz CT molecular complexity index is 580. The summed E-state index contributed by atoms with van der Waals surface area (Å²) in [6.45, 7) is 3.14. The molecule has 0 bridgehead atoms. The summed E-state index contributed by atoms with van der Waals surface area (Å²) in [6.07, 6.45) is 3.81. The Labute approximate surface area is 129 Å². The van der Waals surface area contributed by atoms with Crippen LogP contribution in [0.15, 0.2) is 42.5 Å². The number of hydrogen-bond donors (Lipinski definition) is 0. The van der Waals surface area contributed by atoms with Gasteiger partial charge in [0.2, 0.25) is 0 Å². The van der Waals surface area contributed by atoms with Gasteiger partial charge in [0.1, 0.15) is 0 Å². The number of rotatable bonds is 4. The van der Waals surface area contributed by atoms with E-state index in [0.29, 0.717) is 16.8 Å². The Morgan fingerprint density at radius 1 is 1.20 bits per heavy atom. The molecule has 0 N–H and O–H groups in total. The smallest absolute Gasteiger partial charge is 0.0612 e. The average molecular weight is 333 g/mol. The number of hydrogen-bond acceptors (Lipinski definition) is 1. The van der Waals surface area contributed by atoms with Crippen LogP contribution < -0.4 is 0 Å². The summed E-state index contributed by atoms with van der Waals surface area (Å²) in [6, 6.07) is 15.4. The molecular weight excluding hydrogens is 312 g/mol. The molecule has 0 radical (unpaired) electrons. The summed E-state index contributed by atoms with van der Waals surface area (Å²) in [5, 5.41) is 2.65. The van der Waals surface area contributed by atoms with E-state index in [-0.39, 0.29) is 0 Å². The maximum absolute atomic E-state index is 5.81. The number of alkyl halides is 1. The van der Waals surface area contributed by atoms with Crippen molar-refractivity contribution >= 4 is 26.7 Å². The van der Waals surface area contributed by atoms with Gasteiger partial charge in [0.05, 0.1) is 6.10 Å². The fourth-order valence-corrected chi connectivity index (χ4v) is 4.22. The van der Waals surface area contributed by atoms with Gasteiger partial charge in [-0.15, -0.1) is 0 Å². The van der Waals surface area contributed by atoms with Crippen LogP contribution in [-0.4, -0.2) is 17.5 Å². The van der Waals surface area contributed by atoms with Crippen LogP contribution in [0, 0.1) is 5.92 Å². The van der Waals surface area contributed by atoms with E-state index in [1.165, 1.54) is 22.8 Å². The Balaban J connectivity index is 1.75. The van der Waals surface area contributed by atoms with E-state index in [1.54, 1.807) is 0 Å². The molecule has 2 heteroatoms. The number of fused-ring (bicyclic) bond motifs is 1. The predicted octanol–water partition coefficient (Wildman–Crippen LogP) is 4.96. The normalized spacial score (nSPS) is 24.1. The van der Waals surface area contributed by atoms with Crippen molar-refractivity contribution < 1.29 is 4.74 Å². The molecule has 0 aliphatic carbocycles. The molecule has 3 unspecified atom stereocenters. The maximum atomic E-state index is 5.81. The van der Waals surface area contributed by atoms with Crippen LogP contribution in [0.1, 0.15) is 25.3 Å². The van der Waals surface area contributed by atoms with Crippen LogP contribution >= 0.6 is 15.9 Å². The molecule has 0 amide bonds. The highest BCUT2D eigenvalue weighted by Crippen LogP contribution is 2.32. The molecular formula is C18H21BrO. The zero-order valence-corrected chi connectivity index (χ0v) is 13.5. The van der Waals surface area contributed by atoms with Crippen LogP contribution in [0.4, 0.5) is 0 Å². The van der Waals surface area contributed by atoms with E-state index in [1.807, 2.05) is 0 Å². The third-order valence-electron chi connectivity index (χ3n) is 4.37. The second-order valence-electron chi connectivity index (χ2n) is 5.67. The lowest BCUT2D eigenvalue weighted by atomic mass is 9.91.